The van der Waals surface area contributed by atoms with Gasteiger partial charge in [-0.15, -0.1) is 11.8 Å². The van der Waals surface area contributed by atoms with Crippen LogP contribution in [0, 0.1) is 0 Å². The molecule has 2 aromatic carbocycles. The number of carbonyl (C=O) groups is 2. The Bertz CT molecular complexity index is 1150. The van der Waals surface area contributed by atoms with E-state index in [4.69, 9.17) is 0 Å². The first-order chi connectivity index (χ1) is 14.2. The summed E-state index contributed by atoms with van der Waals surface area (Å²) in [6.45, 7) is 0. The minimum atomic E-state index is -0.202. The number of aromatic nitrogens is 2. The summed E-state index contributed by atoms with van der Waals surface area (Å²) >= 11 is 2.82. The lowest BCUT2D eigenvalue weighted by Gasteiger charge is -2.05. The molecule has 0 aliphatic rings. The second-order valence-corrected chi connectivity index (χ2v) is 8.12. The van der Waals surface area contributed by atoms with E-state index < -0.39 is 0 Å². The average Bonchev–Trinajstić information content (AvgIpc) is 3.15. The first-order valence-electron chi connectivity index (χ1n) is 8.77. The molecule has 4 rings (SSSR count). The van der Waals surface area contributed by atoms with Crippen molar-refractivity contribution in [1.82, 2.24) is 9.97 Å². The molecule has 2 heterocycles. The van der Waals surface area contributed by atoms with Gasteiger partial charge in [-0.1, -0.05) is 29.5 Å². The fraction of sp³-hybridized carbons (Fsp3) is 0.0476. The van der Waals surface area contributed by atoms with E-state index in [1.54, 1.807) is 30.6 Å². The van der Waals surface area contributed by atoms with Crippen LogP contribution in [0.25, 0.3) is 10.2 Å². The van der Waals surface area contributed by atoms with E-state index in [9.17, 15) is 9.59 Å². The van der Waals surface area contributed by atoms with Crippen LogP contribution in [0.15, 0.2) is 78.0 Å². The molecule has 0 spiro atoms. The molecule has 0 saturated carbocycles. The third-order valence-electron chi connectivity index (χ3n) is 3.95. The number of carbonyl (C=O) groups excluding carboxylic acids is 2. The fourth-order valence-corrected chi connectivity index (χ4v) is 4.18. The molecule has 2 aromatic heterocycles. The Morgan fingerprint density at radius 2 is 1.76 bits per heavy atom. The summed E-state index contributed by atoms with van der Waals surface area (Å²) in [6.07, 6.45) is 3.40. The Labute approximate surface area is 175 Å². The van der Waals surface area contributed by atoms with E-state index in [0.29, 0.717) is 22.1 Å². The molecule has 8 heteroatoms. The third-order valence-corrected chi connectivity index (χ3v) is 5.89. The number of hydrogen-bond acceptors (Lipinski definition) is 6. The number of fused-ring (bicyclic) bond motifs is 1. The molecule has 0 unspecified atom stereocenters. The number of nitrogens with zero attached hydrogens (tertiary/aromatic N) is 2. The van der Waals surface area contributed by atoms with Crippen LogP contribution in [-0.2, 0) is 4.79 Å². The molecule has 0 radical (unpaired) electrons. The summed E-state index contributed by atoms with van der Waals surface area (Å²) in [5, 5.41) is 6.23. The van der Waals surface area contributed by atoms with E-state index in [2.05, 4.69) is 20.6 Å². The van der Waals surface area contributed by atoms with E-state index in [0.717, 1.165) is 15.1 Å². The summed E-state index contributed by atoms with van der Waals surface area (Å²) in [6, 6.07) is 18.2. The van der Waals surface area contributed by atoms with Gasteiger partial charge >= 0.3 is 0 Å². The zero-order valence-electron chi connectivity index (χ0n) is 15.2. The van der Waals surface area contributed by atoms with Crippen LogP contribution >= 0.6 is 23.1 Å². The monoisotopic (exact) mass is 420 g/mol. The van der Waals surface area contributed by atoms with Gasteiger partial charge in [0.1, 0.15) is 0 Å². The molecule has 0 bridgehead atoms. The third kappa shape index (κ3) is 4.98. The zero-order chi connectivity index (χ0) is 20.1. The molecule has 29 heavy (non-hydrogen) atoms. The van der Waals surface area contributed by atoms with Crippen molar-refractivity contribution in [2.45, 2.75) is 4.90 Å². The number of pyridine rings is 1. The van der Waals surface area contributed by atoms with Gasteiger partial charge in [0, 0.05) is 28.5 Å². The van der Waals surface area contributed by atoms with Crippen molar-refractivity contribution < 1.29 is 9.59 Å². The van der Waals surface area contributed by atoms with E-state index in [1.807, 2.05) is 42.5 Å². The Morgan fingerprint density at radius 1 is 0.966 bits per heavy atom. The highest BCUT2D eigenvalue weighted by Crippen LogP contribution is 2.29. The number of thioether (sulfide) groups is 1. The zero-order valence-corrected chi connectivity index (χ0v) is 16.8. The van der Waals surface area contributed by atoms with E-state index in [-0.39, 0.29) is 11.8 Å². The van der Waals surface area contributed by atoms with Crippen LogP contribution in [0.1, 0.15) is 10.4 Å². The predicted octanol–water partition coefficient (Wildman–Crippen LogP) is 4.67. The molecule has 0 aliphatic carbocycles. The van der Waals surface area contributed by atoms with Crippen LogP contribution in [0.3, 0.4) is 0 Å². The first-order valence-corrected chi connectivity index (χ1v) is 10.6. The van der Waals surface area contributed by atoms with Crippen LogP contribution in [0.2, 0.25) is 0 Å². The lowest BCUT2D eigenvalue weighted by Crippen LogP contribution is -2.13. The maximum absolute atomic E-state index is 12.3. The molecule has 2 N–H and O–H groups in total. The van der Waals surface area contributed by atoms with Gasteiger partial charge in [0.15, 0.2) is 5.13 Å². The molecular formula is C21H16N4O2S2. The van der Waals surface area contributed by atoms with Crippen molar-refractivity contribution >= 4 is 55.9 Å². The van der Waals surface area contributed by atoms with E-state index in [1.165, 1.54) is 23.1 Å². The highest BCUT2D eigenvalue weighted by atomic mass is 32.2. The fourth-order valence-electron chi connectivity index (χ4n) is 2.60. The quantitative estimate of drug-likeness (QED) is 0.443. The van der Waals surface area contributed by atoms with Crippen LogP contribution in [0.5, 0.6) is 0 Å². The smallest absolute Gasteiger partial charge is 0.257 e. The van der Waals surface area contributed by atoms with Gasteiger partial charge in [0.05, 0.1) is 16.0 Å². The number of nitrogens with one attached hydrogen (secondary N) is 2. The van der Waals surface area contributed by atoms with Gasteiger partial charge in [-0.3, -0.25) is 19.9 Å². The largest absolute Gasteiger partial charge is 0.325 e. The van der Waals surface area contributed by atoms with Crippen molar-refractivity contribution in [2.24, 2.45) is 0 Å². The topological polar surface area (TPSA) is 84.0 Å². The summed E-state index contributed by atoms with van der Waals surface area (Å²) in [7, 11) is 0. The highest BCUT2D eigenvalue weighted by molar-refractivity contribution is 8.00. The summed E-state index contributed by atoms with van der Waals surface area (Å²) in [5.74, 6) is 0.0166. The molecule has 0 saturated heterocycles. The van der Waals surface area contributed by atoms with Crippen molar-refractivity contribution in [1.29, 1.82) is 0 Å². The van der Waals surface area contributed by atoms with Crippen molar-refractivity contribution in [3.8, 4) is 0 Å². The first kappa shape index (κ1) is 19.1. The average molecular weight is 421 g/mol. The van der Waals surface area contributed by atoms with Crippen LogP contribution < -0.4 is 10.6 Å². The van der Waals surface area contributed by atoms with Gasteiger partial charge in [-0.2, -0.15) is 0 Å². The van der Waals surface area contributed by atoms with Crippen molar-refractivity contribution in [3.05, 3.63) is 78.6 Å². The number of benzene rings is 2. The van der Waals surface area contributed by atoms with Gasteiger partial charge < -0.3 is 5.32 Å². The second kappa shape index (κ2) is 8.85. The van der Waals surface area contributed by atoms with Gasteiger partial charge in [0.25, 0.3) is 5.91 Å². The second-order valence-electron chi connectivity index (χ2n) is 6.04. The lowest BCUT2D eigenvalue weighted by atomic mass is 10.2. The van der Waals surface area contributed by atoms with Crippen molar-refractivity contribution in [3.63, 3.8) is 0 Å². The Balaban J connectivity index is 1.40. The maximum atomic E-state index is 12.3. The minimum absolute atomic E-state index is 0.0896. The molecule has 6 nitrogen and oxygen atoms in total. The molecule has 144 valence electrons. The Hall–Kier alpha value is -3.23. The lowest BCUT2D eigenvalue weighted by molar-refractivity contribution is -0.113. The molecule has 4 aromatic rings. The summed E-state index contributed by atoms with van der Waals surface area (Å²) < 4.78 is 0.882. The van der Waals surface area contributed by atoms with E-state index >= 15 is 0 Å². The predicted molar refractivity (Wildman–Crippen MR) is 118 cm³/mol. The number of amides is 2. The van der Waals surface area contributed by atoms with Crippen molar-refractivity contribution in [2.75, 3.05) is 16.4 Å². The Morgan fingerprint density at radius 3 is 2.55 bits per heavy atom. The molecule has 2 amide bonds. The maximum Gasteiger partial charge on any atom is 0.257 e. The van der Waals surface area contributed by atoms with Crippen LogP contribution in [0.4, 0.5) is 10.8 Å². The van der Waals surface area contributed by atoms with Gasteiger partial charge in [-0.05, 0) is 42.5 Å². The Kier molecular flexibility index (Phi) is 5.83. The number of hydrogen-bond donors (Lipinski definition) is 2. The SMILES string of the molecule is O=C(CSc1ccncc1)Nc1ccc2nc(NC(=O)c3ccccc3)sc2c1. The normalized spacial score (nSPS) is 10.6. The molecule has 0 atom stereocenters. The summed E-state index contributed by atoms with van der Waals surface area (Å²) in [5.41, 5.74) is 2.04. The number of anilines is 2. The van der Waals surface area contributed by atoms with Gasteiger partial charge in [0.2, 0.25) is 5.91 Å². The molecule has 0 fully saturated rings. The number of rotatable bonds is 6. The molecular weight excluding hydrogens is 404 g/mol. The standard InChI is InChI=1S/C21H16N4O2S2/c26-19(13-28-16-8-10-22-11-9-16)23-15-6-7-17-18(12-15)29-21(24-17)25-20(27)14-4-2-1-3-5-14/h1-12H,13H2,(H,23,26)(H,24,25,27). The summed E-state index contributed by atoms with van der Waals surface area (Å²) in [4.78, 5) is 33.9. The van der Waals surface area contributed by atoms with Gasteiger partial charge in [-0.25, -0.2) is 4.98 Å². The van der Waals surface area contributed by atoms with Crippen LogP contribution in [-0.4, -0.2) is 27.5 Å². The molecule has 0 aliphatic heterocycles. The number of thiazole rings is 1. The minimum Gasteiger partial charge on any atom is -0.325 e. The highest BCUT2D eigenvalue weighted by Gasteiger charge is 2.11.